The summed E-state index contributed by atoms with van der Waals surface area (Å²) >= 11 is 1.03. The molecule has 0 fully saturated rings. The third-order valence-electron chi connectivity index (χ3n) is 2.60. The van der Waals surface area contributed by atoms with Gasteiger partial charge in [-0.2, -0.15) is 0 Å². The van der Waals surface area contributed by atoms with Crippen LogP contribution in [-0.4, -0.2) is 41.8 Å². The number of aliphatic carboxylic acids is 1. The van der Waals surface area contributed by atoms with E-state index in [4.69, 9.17) is 5.11 Å². The van der Waals surface area contributed by atoms with Crippen molar-refractivity contribution < 1.29 is 20.1 Å². The molecular weight excluding hydrogens is 282 g/mol. The van der Waals surface area contributed by atoms with E-state index in [1.54, 1.807) is 4.57 Å². The number of nitrogens with zero attached hydrogens (tertiary/aromatic N) is 3. The van der Waals surface area contributed by atoms with E-state index in [0.29, 0.717) is 17.5 Å². The minimum atomic E-state index is -0.951. The summed E-state index contributed by atoms with van der Waals surface area (Å²) in [7, 11) is 0. The summed E-state index contributed by atoms with van der Waals surface area (Å²) in [6, 6.07) is 4.39. The van der Waals surface area contributed by atoms with E-state index in [9.17, 15) is 15.0 Å². The lowest BCUT2D eigenvalue weighted by Gasteiger charge is -2.09. The Hall–Kier alpha value is -2.22. The van der Waals surface area contributed by atoms with Gasteiger partial charge >= 0.3 is 5.97 Å². The molecule has 0 aliphatic heterocycles. The van der Waals surface area contributed by atoms with Gasteiger partial charge in [-0.1, -0.05) is 17.8 Å². The third kappa shape index (κ3) is 2.69. The third-order valence-corrected chi connectivity index (χ3v) is 3.55. The van der Waals surface area contributed by atoms with Gasteiger partial charge in [0.1, 0.15) is 17.1 Å². The van der Waals surface area contributed by atoms with Crippen LogP contribution in [0.5, 0.6) is 11.5 Å². The van der Waals surface area contributed by atoms with Gasteiger partial charge in [0.15, 0.2) is 11.0 Å². The fraction of sp³-hybridized carbons (Fsp3) is 0.250. The predicted octanol–water partition coefficient (Wildman–Crippen LogP) is 1.55. The zero-order valence-electron chi connectivity index (χ0n) is 10.6. The second-order valence-corrected chi connectivity index (χ2v) is 4.85. The molecule has 20 heavy (non-hydrogen) atoms. The molecule has 0 bridgehead atoms. The number of aromatic hydroxyl groups is 2. The minimum absolute atomic E-state index is 0.109. The molecule has 2 rings (SSSR count). The molecule has 0 saturated carbocycles. The molecule has 3 N–H and O–H groups in total. The van der Waals surface area contributed by atoms with Gasteiger partial charge in [0.2, 0.25) is 0 Å². The van der Waals surface area contributed by atoms with Crippen molar-refractivity contribution in [2.75, 3.05) is 5.75 Å². The van der Waals surface area contributed by atoms with E-state index in [1.807, 2.05) is 6.92 Å². The van der Waals surface area contributed by atoms with Gasteiger partial charge < -0.3 is 19.9 Å². The zero-order valence-corrected chi connectivity index (χ0v) is 11.5. The molecular formula is C12H13N3O4S. The van der Waals surface area contributed by atoms with E-state index < -0.39 is 5.97 Å². The zero-order chi connectivity index (χ0) is 14.7. The van der Waals surface area contributed by atoms with Gasteiger partial charge in [-0.15, -0.1) is 10.2 Å². The maximum Gasteiger partial charge on any atom is 0.313 e. The fourth-order valence-corrected chi connectivity index (χ4v) is 2.47. The number of carboxylic acid groups (broad SMARTS) is 1. The number of thioether (sulfide) groups is 1. The Balaban J connectivity index is 2.45. The van der Waals surface area contributed by atoms with Crippen LogP contribution in [0.25, 0.3) is 11.4 Å². The van der Waals surface area contributed by atoms with Crippen LogP contribution < -0.4 is 0 Å². The van der Waals surface area contributed by atoms with Gasteiger partial charge in [0.05, 0.1) is 5.75 Å². The first-order valence-electron chi connectivity index (χ1n) is 5.83. The summed E-state index contributed by atoms with van der Waals surface area (Å²) in [5, 5.41) is 36.7. The van der Waals surface area contributed by atoms with Gasteiger partial charge in [-0.3, -0.25) is 4.79 Å². The normalized spacial score (nSPS) is 10.7. The maximum atomic E-state index is 10.6. The first-order chi connectivity index (χ1) is 9.54. The lowest BCUT2D eigenvalue weighted by molar-refractivity contribution is -0.133. The van der Waals surface area contributed by atoms with E-state index in [1.165, 1.54) is 18.2 Å². The molecule has 2 aromatic rings. The molecule has 0 atom stereocenters. The molecule has 8 heteroatoms. The average molecular weight is 295 g/mol. The van der Waals surface area contributed by atoms with Gasteiger partial charge in [0, 0.05) is 6.54 Å². The summed E-state index contributed by atoms with van der Waals surface area (Å²) in [4.78, 5) is 10.6. The number of benzene rings is 1. The second kappa shape index (κ2) is 5.83. The quantitative estimate of drug-likeness (QED) is 0.718. The molecule has 0 unspecified atom stereocenters. The highest BCUT2D eigenvalue weighted by atomic mass is 32.2. The SMILES string of the molecule is CCn1c(SCC(=O)O)nnc1-c1c(O)cccc1O. The highest BCUT2D eigenvalue weighted by Gasteiger charge is 2.19. The van der Waals surface area contributed by atoms with Crippen molar-refractivity contribution in [3.8, 4) is 22.9 Å². The van der Waals surface area contributed by atoms with Crippen molar-refractivity contribution in [3.05, 3.63) is 18.2 Å². The van der Waals surface area contributed by atoms with Crippen molar-refractivity contribution in [2.24, 2.45) is 0 Å². The molecule has 1 heterocycles. The first-order valence-corrected chi connectivity index (χ1v) is 6.82. The van der Waals surface area contributed by atoms with Crippen molar-refractivity contribution in [3.63, 3.8) is 0 Å². The van der Waals surface area contributed by atoms with Gasteiger partial charge in [0.25, 0.3) is 0 Å². The predicted molar refractivity (Wildman–Crippen MR) is 72.8 cm³/mol. The summed E-state index contributed by atoms with van der Waals surface area (Å²) < 4.78 is 1.64. The number of phenolic OH excluding ortho intramolecular Hbond substituents is 2. The van der Waals surface area contributed by atoms with Crippen molar-refractivity contribution in [2.45, 2.75) is 18.6 Å². The fourth-order valence-electron chi connectivity index (χ4n) is 1.75. The monoisotopic (exact) mass is 295 g/mol. The maximum absolute atomic E-state index is 10.6. The van der Waals surface area contributed by atoms with E-state index in [-0.39, 0.29) is 22.8 Å². The Morgan fingerprint density at radius 2 is 1.95 bits per heavy atom. The standard InChI is InChI=1S/C12H13N3O4S/c1-2-15-11(10-7(16)4-3-5-8(10)17)13-14-12(15)20-6-9(18)19/h3-5,16-17H,2,6H2,1H3,(H,18,19). The Bertz CT molecular complexity index is 621. The Morgan fingerprint density at radius 1 is 1.30 bits per heavy atom. The van der Waals surface area contributed by atoms with Crippen LogP contribution in [0.15, 0.2) is 23.4 Å². The summed E-state index contributed by atoms with van der Waals surface area (Å²) in [6.07, 6.45) is 0. The summed E-state index contributed by atoms with van der Waals surface area (Å²) in [5.74, 6) is -1.00. The van der Waals surface area contributed by atoms with Crippen LogP contribution in [0.4, 0.5) is 0 Å². The summed E-state index contributed by atoms with van der Waals surface area (Å²) in [5.41, 5.74) is 0.184. The van der Waals surface area contributed by atoms with Gasteiger partial charge in [-0.25, -0.2) is 0 Å². The van der Waals surface area contributed by atoms with Gasteiger partial charge in [-0.05, 0) is 19.1 Å². The molecule has 0 saturated heterocycles. The number of carboxylic acids is 1. The van der Waals surface area contributed by atoms with Crippen LogP contribution >= 0.6 is 11.8 Å². The Kier molecular flexibility index (Phi) is 4.14. The molecule has 1 aromatic carbocycles. The lowest BCUT2D eigenvalue weighted by atomic mass is 10.1. The molecule has 0 aliphatic carbocycles. The second-order valence-electron chi connectivity index (χ2n) is 3.90. The largest absolute Gasteiger partial charge is 0.507 e. The number of hydrogen-bond donors (Lipinski definition) is 3. The molecule has 7 nitrogen and oxygen atoms in total. The van der Waals surface area contributed by atoms with Crippen LogP contribution in [0.2, 0.25) is 0 Å². The first kappa shape index (κ1) is 14.2. The Labute approximate surface area is 118 Å². The molecule has 0 aliphatic rings. The summed E-state index contributed by atoms with van der Waals surface area (Å²) in [6.45, 7) is 2.33. The van der Waals surface area contributed by atoms with E-state index >= 15 is 0 Å². The van der Waals surface area contributed by atoms with Crippen LogP contribution in [0.1, 0.15) is 6.92 Å². The molecule has 0 spiro atoms. The van der Waals surface area contributed by atoms with Crippen LogP contribution in [0.3, 0.4) is 0 Å². The van der Waals surface area contributed by atoms with Crippen LogP contribution in [0, 0.1) is 0 Å². The smallest absolute Gasteiger partial charge is 0.313 e. The number of aromatic nitrogens is 3. The van der Waals surface area contributed by atoms with Crippen molar-refractivity contribution in [1.82, 2.24) is 14.8 Å². The van der Waals surface area contributed by atoms with Crippen molar-refractivity contribution in [1.29, 1.82) is 0 Å². The molecule has 0 radical (unpaired) electrons. The average Bonchev–Trinajstić information content (AvgIpc) is 2.79. The molecule has 106 valence electrons. The van der Waals surface area contributed by atoms with E-state index in [0.717, 1.165) is 11.8 Å². The van der Waals surface area contributed by atoms with Crippen molar-refractivity contribution >= 4 is 17.7 Å². The lowest BCUT2D eigenvalue weighted by Crippen LogP contribution is -2.03. The number of rotatable bonds is 5. The molecule has 0 amide bonds. The number of carbonyl (C=O) groups is 1. The van der Waals surface area contributed by atoms with E-state index in [2.05, 4.69) is 10.2 Å². The topological polar surface area (TPSA) is 108 Å². The number of hydrogen-bond acceptors (Lipinski definition) is 6. The van der Waals surface area contributed by atoms with Crippen LogP contribution in [-0.2, 0) is 11.3 Å². The Morgan fingerprint density at radius 3 is 2.50 bits per heavy atom. The minimum Gasteiger partial charge on any atom is -0.507 e. The number of phenols is 2. The highest BCUT2D eigenvalue weighted by Crippen LogP contribution is 2.36. The molecule has 1 aromatic heterocycles. The highest BCUT2D eigenvalue weighted by molar-refractivity contribution is 7.99.